The van der Waals surface area contributed by atoms with Gasteiger partial charge in [0.25, 0.3) is 5.69 Å². The molecule has 358 valence electrons. The second-order valence-corrected chi connectivity index (χ2v) is 14.8. The Kier molecular flexibility index (Phi) is 20.5. The number of nitro groups is 1. The molecule has 1 aromatic carbocycles. The predicted octanol–water partition coefficient (Wildman–Crippen LogP) is 1.64. The van der Waals surface area contributed by atoms with E-state index >= 15 is 0 Å². The number of carbonyl (C=O) groups excluding carboxylic acids is 10. The van der Waals surface area contributed by atoms with Gasteiger partial charge in [-0.2, -0.15) is 0 Å². The highest BCUT2D eigenvalue weighted by atomic mass is 16.8. The molecule has 2 aliphatic rings. The number of nitrogens with zero attached hydrogens (tertiary/aromatic N) is 1. The van der Waals surface area contributed by atoms with Crippen LogP contribution in [0.2, 0.25) is 0 Å². The number of benzene rings is 1. The summed E-state index contributed by atoms with van der Waals surface area (Å²) >= 11 is 0. The van der Waals surface area contributed by atoms with Crippen molar-refractivity contribution in [2.45, 2.75) is 148 Å². The molecule has 65 heavy (non-hydrogen) atoms. The van der Waals surface area contributed by atoms with Gasteiger partial charge in [0.2, 0.25) is 12.4 Å². The van der Waals surface area contributed by atoms with E-state index in [0.29, 0.717) is 0 Å². The minimum atomic E-state index is -1.90. The lowest BCUT2D eigenvalue weighted by atomic mass is 9.97. The Morgan fingerprint density at radius 3 is 1.34 bits per heavy atom. The molecule has 2 saturated heterocycles. The summed E-state index contributed by atoms with van der Waals surface area (Å²) in [5.74, 6) is -8.18. The Morgan fingerprint density at radius 1 is 0.492 bits per heavy atom. The van der Waals surface area contributed by atoms with Crippen molar-refractivity contribution in [3.8, 4) is 5.75 Å². The first-order valence-electron chi connectivity index (χ1n) is 20.1. The highest BCUT2D eigenvalue weighted by molar-refractivity contribution is 5.82. The van der Waals surface area contributed by atoms with Crippen LogP contribution >= 0.6 is 0 Å². The second-order valence-electron chi connectivity index (χ2n) is 14.8. The maximum atomic E-state index is 13.4. The van der Waals surface area contributed by atoms with Crippen molar-refractivity contribution >= 4 is 64.8 Å². The number of hydrogen-bond donors (Lipinski definition) is 0. The lowest BCUT2D eigenvalue weighted by Gasteiger charge is -2.46. The summed E-state index contributed by atoms with van der Waals surface area (Å²) in [6, 6.07) is 4.44. The van der Waals surface area contributed by atoms with E-state index in [1.807, 2.05) is 0 Å². The van der Waals surface area contributed by atoms with Crippen LogP contribution in [-0.2, 0) is 95.3 Å². The van der Waals surface area contributed by atoms with E-state index in [0.717, 1.165) is 52.0 Å². The van der Waals surface area contributed by atoms with Gasteiger partial charge in [-0.05, 0) is 32.9 Å². The van der Waals surface area contributed by atoms with Crippen molar-refractivity contribution in [2.75, 3.05) is 13.2 Å². The van der Waals surface area contributed by atoms with Crippen LogP contribution in [0.15, 0.2) is 24.3 Å². The molecule has 0 unspecified atom stereocenters. The van der Waals surface area contributed by atoms with Crippen LogP contribution in [0.4, 0.5) is 5.69 Å². The van der Waals surface area contributed by atoms with Gasteiger partial charge in [-0.1, -0.05) is 0 Å². The molecule has 0 saturated carbocycles. The molecule has 0 amide bonds. The van der Waals surface area contributed by atoms with E-state index < -0.39 is 158 Å². The largest absolute Gasteiger partial charge is 0.463 e. The third-order valence-electron chi connectivity index (χ3n) is 9.11. The Labute approximate surface area is 371 Å². The van der Waals surface area contributed by atoms with Crippen LogP contribution in [-0.4, -0.2) is 139 Å². The summed E-state index contributed by atoms with van der Waals surface area (Å²) in [4.78, 5) is 135. The topological polar surface area (TPSA) is 315 Å². The molecule has 2 fully saturated rings. The van der Waals surface area contributed by atoms with Crippen LogP contribution in [0.3, 0.4) is 0 Å². The first-order chi connectivity index (χ1) is 30.5. The molecule has 0 aliphatic carbocycles. The molecule has 2 aliphatic heterocycles. The zero-order chi connectivity index (χ0) is 48.5. The minimum absolute atomic E-state index is 0.136. The molecule has 0 radical (unpaired) electrons. The molecule has 0 spiro atoms. The van der Waals surface area contributed by atoms with Gasteiger partial charge in [0.15, 0.2) is 36.8 Å². The van der Waals surface area contributed by atoms with Crippen molar-refractivity contribution in [1.29, 1.82) is 0 Å². The third-order valence-corrected chi connectivity index (χ3v) is 9.11. The summed E-state index contributed by atoms with van der Waals surface area (Å²) in [6.07, 6.45) is -20.0. The molecule has 0 N–H and O–H groups in total. The van der Waals surface area contributed by atoms with Crippen molar-refractivity contribution in [3.05, 3.63) is 34.4 Å². The van der Waals surface area contributed by atoms with Crippen LogP contribution in [0.1, 0.15) is 87.0 Å². The molecule has 10 atom stereocenters. The number of carbonyl (C=O) groups is 10. The van der Waals surface area contributed by atoms with E-state index in [4.69, 9.17) is 52.1 Å². The molecule has 3 rings (SSSR count). The average Bonchev–Trinajstić information content (AvgIpc) is 3.20. The van der Waals surface area contributed by atoms with Crippen LogP contribution < -0.4 is 4.74 Å². The second kappa shape index (κ2) is 25.2. The quantitative estimate of drug-likeness (QED) is 0.0652. The first kappa shape index (κ1) is 52.9. The Bertz CT molecular complexity index is 1930. The van der Waals surface area contributed by atoms with Crippen LogP contribution in [0.5, 0.6) is 5.75 Å². The van der Waals surface area contributed by atoms with Crippen molar-refractivity contribution in [1.82, 2.24) is 0 Å². The van der Waals surface area contributed by atoms with E-state index in [1.54, 1.807) is 0 Å². The highest BCUT2D eigenvalue weighted by Gasteiger charge is 2.56. The average molecular weight is 926 g/mol. The number of non-ortho nitro benzene ring substituents is 1. The number of esters is 7. The van der Waals surface area contributed by atoms with E-state index in [-0.39, 0.29) is 30.7 Å². The molecule has 0 aromatic heterocycles. The van der Waals surface area contributed by atoms with Crippen LogP contribution in [0.25, 0.3) is 0 Å². The van der Waals surface area contributed by atoms with Gasteiger partial charge in [0.05, 0.1) is 30.8 Å². The van der Waals surface area contributed by atoms with Gasteiger partial charge >= 0.3 is 41.8 Å². The fraction of sp³-hybridized carbons (Fsp3) is 0.610. The zero-order valence-electron chi connectivity index (χ0n) is 36.6. The Morgan fingerprint density at radius 2 is 0.877 bits per heavy atom. The predicted molar refractivity (Wildman–Crippen MR) is 210 cm³/mol. The smallest absolute Gasteiger partial charge is 0.306 e. The van der Waals surface area contributed by atoms with Gasteiger partial charge in [0.1, 0.15) is 41.9 Å². The van der Waals surface area contributed by atoms with E-state index in [1.165, 1.54) is 20.8 Å². The van der Waals surface area contributed by atoms with Gasteiger partial charge in [-0.25, -0.2) is 0 Å². The summed E-state index contributed by atoms with van der Waals surface area (Å²) < 4.78 is 63.0. The van der Waals surface area contributed by atoms with Gasteiger partial charge < -0.3 is 66.5 Å². The molecule has 2 heterocycles. The minimum Gasteiger partial charge on any atom is -0.463 e. The van der Waals surface area contributed by atoms with Gasteiger partial charge in [-0.15, -0.1) is 0 Å². The highest BCUT2D eigenvalue weighted by Crippen LogP contribution is 2.35. The number of ether oxygens (including phenoxy) is 11. The molecule has 24 nitrogen and oxygen atoms in total. The van der Waals surface area contributed by atoms with Crippen molar-refractivity contribution in [2.24, 2.45) is 0 Å². The zero-order valence-corrected chi connectivity index (χ0v) is 36.6. The summed E-state index contributed by atoms with van der Waals surface area (Å²) in [5, 5.41) is 11.4. The van der Waals surface area contributed by atoms with E-state index in [9.17, 15) is 58.1 Å². The maximum absolute atomic E-state index is 13.4. The lowest BCUT2D eigenvalue weighted by molar-refractivity contribution is -0.384. The number of Topliss-reactive ketones (excluding diaryl/α,β-unsaturated/α-hetero) is 3. The fourth-order valence-corrected chi connectivity index (χ4v) is 6.27. The lowest BCUT2D eigenvalue weighted by Crippen LogP contribution is -2.65. The molecule has 0 bridgehead atoms. The number of nitro benzene ring substituents is 1. The summed E-state index contributed by atoms with van der Waals surface area (Å²) in [6.45, 7) is 6.21. The number of hydrogen-bond acceptors (Lipinski definition) is 23. The SMILES string of the molecule is CC(=O)CCC(=O)O[C@@H]1[C@H](OC(=O)CCC(C)=O)[C@@H](Oc2ccc([N+](=O)[O-])cc2)O[C@H](CO[C@H]2O[C@H](COC(C)=O)[C@@H](OC(C)=O)[C@H](OC(C)=O)[C@@H]2OC(C)=O)[C@H]1OC(=O)CCC(C)=O. The molecule has 1 aromatic rings. The first-order valence-corrected chi connectivity index (χ1v) is 20.1. The normalized spacial score (nSPS) is 24.8. The monoisotopic (exact) mass is 925 g/mol. The summed E-state index contributed by atoms with van der Waals surface area (Å²) in [7, 11) is 0. The Hall–Kier alpha value is -6.40. The molecule has 24 heteroatoms. The molecular weight excluding hydrogens is 874 g/mol. The van der Waals surface area contributed by atoms with E-state index in [2.05, 4.69) is 0 Å². The molecular formula is C41H51NO23. The number of rotatable bonds is 23. The standard InChI is InChI=1S/C41H51NO23/c1-20(43)8-15-31(50)63-35-30(19-56-40-38(59-26(7)49)36(58-25(6)48)34(57-24(5)47)29(61-40)18-55-23(4)46)62-41(60-28-13-11-27(12-14-28)42(53)54)39(65-33(52)17-10-22(3)45)37(35)64-32(51)16-9-21(2)44/h11-14,29-30,34-41H,8-10,15-19H2,1-7H3/t29-,30-,34-,35-,36+,37+,38+,39+,40+,41+/m1/s1. The Balaban J connectivity index is 2.22. The fourth-order valence-electron chi connectivity index (χ4n) is 6.27. The van der Waals surface area contributed by atoms with Gasteiger partial charge in [0, 0.05) is 59.1 Å². The van der Waals surface area contributed by atoms with Crippen molar-refractivity contribution < 1.29 is 105 Å². The van der Waals surface area contributed by atoms with Crippen LogP contribution in [0, 0.1) is 10.1 Å². The number of ketones is 3. The van der Waals surface area contributed by atoms with Crippen molar-refractivity contribution in [3.63, 3.8) is 0 Å². The summed E-state index contributed by atoms with van der Waals surface area (Å²) in [5.41, 5.74) is -0.347. The van der Waals surface area contributed by atoms with Gasteiger partial charge in [-0.3, -0.25) is 43.7 Å². The maximum Gasteiger partial charge on any atom is 0.306 e. The third kappa shape index (κ3) is 17.6.